The molecule has 0 spiro atoms. The summed E-state index contributed by atoms with van der Waals surface area (Å²) < 4.78 is 32.9. The van der Waals surface area contributed by atoms with Gasteiger partial charge in [-0.1, -0.05) is 15.9 Å². The molecule has 1 heterocycles. The van der Waals surface area contributed by atoms with Crippen molar-refractivity contribution in [2.45, 2.75) is 24.0 Å². The highest BCUT2D eigenvalue weighted by atomic mass is 79.9. The van der Waals surface area contributed by atoms with Crippen LogP contribution in [0.5, 0.6) is 5.75 Å². The lowest BCUT2D eigenvalue weighted by atomic mass is 10.2. The molecule has 8 heteroatoms. The Morgan fingerprint density at radius 1 is 1.48 bits per heavy atom. The molecule has 118 valence electrons. The van der Waals surface area contributed by atoms with Crippen LogP contribution in [-0.4, -0.2) is 56.7 Å². The van der Waals surface area contributed by atoms with Crippen molar-refractivity contribution in [1.82, 2.24) is 9.62 Å². The van der Waals surface area contributed by atoms with E-state index in [0.29, 0.717) is 29.9 Å². The van der Waals surface area contributed by atoms with Crippen LogP contribution in [0.15, 0.2) is 27.6 Å². The SMILES string of the molecule is CCOc1ccc(Br)cc1S(=O)(=O)N(C)[C@@H]1CNC[C@H]1O. The van der Waals surface area contributed by atoms with E-state index in [1.165, 1.54) is 17.4 Å². The molecule has 6 nitrogen and oxygen atoms in total. The number of hydrogen-bond donors (Lipinski definition) is 2. The van der Waals surface area contributed by atoms with Gasteiger partial charge in [-0.2, -0.15) is 4.31 Å². The number of rotatable bonds is 5. The van der Waals surface area contributed by atoms with Gasteiger partial charge < -0.3 is 15.2 Å². The average Bonchev–Trinajstić information content (AvgIpc) is 2.86. The number of aliphatic hydroxyl groups is 1. The summed E-state index contributed by atoms with van der Waals surface area (Å²) in [4.78, 5) is 0.0975. The fourth-order valence-electron chi connectivity index (χ4n) is 2.31. The predicted octanol–water partition coefficient (Wildman–Crippen LogP) is 0.801. The minimum Gasteiger partial charge on any atom is -0.492 e. The van der Waals surface area contributed by atoms with Gasteiger partial charge in [-0.05, 0) is 25.1 Å². The molecule has 0 radical (unpaired) electrons. The quantitative estimate of drug-likeness (QED) is 0.792. The molecule has 1 fully saturated rings. The van der Waals surface area contributed by atoms with Crippen LogP contribution in [0.25, 0.3) is 0 Å². The Hall–Kier alpha value is -0.670. The second-order valence-electron chi connectivity index (χ2n) is 4.84. The standard InChI is InChI=1S/C13H19BrN2O4S/c1-3-20-12-5-4-9(14)6-13(12)21(18,19)16(2)10-7-15-8-11(10)17/h4-6,10-11,15,17H,3,7-8H2,1-2H3/t10-,11-/m1/s1. The van der Waals surface area contributed by atoms with Gasteiger partial charge >= 0.3 is 0 Å². The summed E-state index contributed by atoms with van der Waals surface area (Å²) >= 11 is 3.28. The Morgan fingerprint density at radius 3 is 2.76 bits per heavy atom. The molecule has 0 aromatic heterocycles. The third-order valence-corrected chi connectivity index (χ3v) is 5.88. The number of benzene rings is 1. The summed E-state index contributed by atoms with van der Waals surface area (Å²) in [5.74, 6) is 0.313. The fraction of sp³-hybridized carbons (Fsp3) is 0.538. The second-order valence-corrected chi connectivity index (χ2v) is 7.72. The van der Waals surface area contributed by atoms with Crippen LogP contribution in [0, 0.1) is 0 Å². The van der Waals surface area contributed by atoms with Crippen molar-refractivity contribution < 1.29 is 18.3 Å². The summed E-state index contributed by atoms with van der Waals surface area (Å²) in [5.41, 5.74) is 0. The van der Waals surface area contributed by atoms with E-state index < -0.39 is 22.2 Å². The molecule has 0 unspecified atom stereocenters. The van der Waals surface area contributed by atoms with Gasteiger partial charge in [0, 0.05) is 24.6 Å². The maximum atomic E-state index is 12.8. The number of nitrogens with zero attached hydrogens (tertiary/aromatic N) is 1. The molecule has 2 atom stereocenters. The Bertz CT molecular complexity index is 608. The zero-order valence-corrected chi connectivity index (χ0v) is 14.3. The number of nitrogens with one attached hydrogen (secondary N) is 1. The molecular weight excluding hydrogens is 360 g/mol. The molecule has 1 aliphatic rings. The van der Waals surface area contributed by atoms with Crippen LogP contribution >= 0.6 is 15.9 Å². The molecule has 0 saturated carbocycles. The van der Waals surface area contributed by atoms with Crippen LogP contribution in [0.2, 0.25) is 0 Å². The number of hydrogen-bond acceptors (Lipinski definition) is 5. The highest BCUT2D eigenvalue weighted by Crippen LogP contribution is 2.31. The first kappa shape index (κ1) is 16.7. The molecule has 1 aromatic carbocycles. The third kappa shape index (κ3) is 3.40. The van der Waals surface area contributed by atoms with Crippen molar-refractivity contribution in [3.05, 3.63) is 22.7 Å². The maximum Gasteiger partial charge on any atom is 0.246 e. The summed E-state index contributed by atoms with van der Waals surface area (Å²) in [7, 11) is -2.27. The Balaban J connectivity index is 2.41. The van der Waals surface area contributed by atoms with Gasteiger partial charge in [-0.3, -0.25) is 0 Å². The van der Waals surface area contributed by atoms with E-state index in [0.717, 1.165) is 0 Å². The number of aliphatic hydroxyl groups excluding tert-OH is 1. The van der Waals surface area contributed by atoms with Gasteiger partial charge in [0.2, 0.25) is 10.0 Å². The maximum absolute atomic E-state index is 12.8. The Kier molecular flexibility index (Phi) is 5.26. The number of halogens is 1. The number of β-amino-alcohol motifs (C(OH)–C–C–N with tert-alkyl or cyclic N) is 1. The summed E-state index contributed by atoms with van der Waals surface area (Å²) in [6, 6.07) is 4.39. The van der Waals surface area contributed by atoms with Gasteiger partial charge in [0.1, 0.15) is 10.6 Å². The van der Waals surface area contributed by atoms with Gasteiger partial charge in [-0.15, -0.1) is 0 Å². The van der Waals surface area contributed by atoms with Crippen molar-refractivity contribution in [2.24, 2.45) is 0 Å². The Morgan fingerprint density at radius 2 is 2.19 bits per heavy atom. The largest absolute Gasteiger partial charge is 0.492 e. The van der Waals surface area contributed by atoms with Gasteiger partial charge in [0.15, 0.2) is 0 Å². The van der Waals surface area contributed by atoms with Gasteiger partial charge in [0.05, 0.1) is 18.8 Å². The molecule has 0 aliphatic carbocycles. The van der Waals surface area contributed by atoms with E-state index in [-0.39, 0.29) is 4.90 Å². The smallest absolute Gasteiger partial charge is 0.246 e. The molecule has 1 saturated heterocycles. The van der Waals surface area contributed by atoms with E-state index in [1.54, 1.807) is 19.1 Å². The lowest BCUT2D eigenvalue weighted by Crippen LogP contribution is -2.44. The molecule has 1 aromatic rings. The van der Waals surface area contributed by atoms with E-state index in [2.05, 4.69) is 21.2 Å². The first-order valence-corrected chi connectivity index (χ1v) is 8.90. The number of sulfonamides is 1. The molecule has 2 rings (SSSR count). The molecule has 0 bridgehead atoms. The van der Waals surface area contributed by atoms with Crippen molar-refractivity contribution in [1.29, 1.82) is 0 Å². The van der Waals surface area contributed by atoms with Crippen molar-refractivity contribution in [3.8, 4) is 5.75 Å². The van der Waals surface area contributed by atoms with Crippen molar-refractivity contribution in [2.75, 3.05) is 26.7 Å². The van der Waals surface area contributed by atoms with E-state index in [4.69, 9.17) is 4.74 Å². The molecule has 1 aliphatic heterocycles. The van der Waals surface area contributed by atoms with Gasteiger partial charge in [-0.25, -0.2) is 8.42 Å². The summed E-state index contributed by atoms with van der Waals surface area (Å²) in [5, 5.41) is 12.9. The molecule has 2 N–H and O–H groups in total. The van der Waals surface area contributed by atoms with Crippen molar-refractivity contribution in [3.63, 3.8) is 0 Å². The van der Waals surface area contributed by atoms with E-state index in [1.807, 2.05) is 0 Å². The third-order valence-electron chi connectivity index (χ3n) is 3.48. The van der Waals surface area contributed by atoms with Crippen LogP contribution in [0.1, 0.15) is 6.92 Å². The van der Waals surface area contributed by atoms with E-state index >= 15 is 0 Å². The van der Waals surface area contributed by atoms with Gasteiger partial charge in [0.25, 0.3) is 0 Å². The number of ether oxygens (including phenoxy) is 1. The topological polar surface area (TPSA) is 78.9 Å². The zero-order chi connectivity index (χ0) is 15.6. The van der Waals surface area contributed by atoms with Crippen LogP contribution in [0.3, 0.4) is 0 Å². The predicted molar refractivity (Wildman–Crippen MR) is 82.9 cm³/mol. The minimum absolute atomic E-state index is 0.0975. The van der Waals surface area contributed by atoms with Crippen LogP contribution in [0.4, 0.5) is 0 Å². The lowest BCUT2D eigenvalue weighted by molar-refractivity contribution is 0.136. The summed E-state index contributed by atoms with van der Waals surface area (Å²) in [6.45, 7) is 2.99. The first-order chi connectivity index (χ1) is 9.87. The summed E-state index contributed by atoms with van der Waals surface area (Å²) in [6.07, 6.45) is -0.715. The molecule has 0 amide bonds. The number of likely N-dealkylation sites (N-methyl/N-ethyl adjacent to an activating group) is 1. The average molecular weight is 379 g/mol. The first-order valence-electron chi connectivity index (χ1n) is 6.67. The minimum atomic E-state index is -3.75. The molecule has 21 heavy (non-hydrogen) atoms. The fourth-order valence-corrected chi connectivity index (χ4v) is 4.37. The lowest BCUT2D eigenvalue weighted by Gasteiger charge is -2.26. The zero-order valence-electron chi connectivity index (χ0n) is 11.9. The van der Waals surface area contributed by atoms with Crippen LogP contribution in [-0.2, 0) is 10.0 Å². The van der Waals surface area contributed by atoms with Crippen LogP contribution < -0.4 is 10.1 Å². The second kappa shape index (κ2) is 6.62. The monoisotopic (exact) mass is 378 g/mol. The highest BCUT2D eigenvalue weighted by Gasteiger charge is 2.37. The van der Waals surface area contributed by atoms with Crippen molar-refractivity contribution >= 4 is 26.0 Å². The highest BCUT2D eigenvalue weighted by molar-refractivity contribution is 9.10. The normalized spacial score (nSPS) is 22.7. The molecular formula is C13H19BrN2O4S. The Labute approximate surface area is 133 Å². The van der Waals surface area contributed by atoms with E-state index in [9.17, 15) is 13.5 Å².